The molecule has 0 radical (unpaired) electrons. The van der Waals surface area contributed by atoms with E-state index in [0.717, 1.165) is 16.9 Å². The van der Waals surface area contributed by atoms with E-state index in [0.29, 0.717) is 11.4 Å². The lowest BCUT2D eigenvalue weighted by molar-refractivity contribution is 0.275. The third kappa shape index (κ3) is 2.36. The Morgan fingerprint density at radius 3 is 2.56 bits per heavy atom. The summed E-state index contributed by atoms with van der Waals surface area (Å²) in [6.07, 6.45) is 1.66. The van der Waals surface area contributed by atoms with Gasteiger partial charge < -0.3 is 9.84 Å². The van der Waals surface area contributed by atoms with Gasteiger partial charge in [-0.2, -0.15) is 0 Å². The molecule has 0 saturated heterocycles. The highest BCUT2D eigenvalue weighted by molar-refractivity contribution is 5.46. The molecule has 0 aliphatic carbocycles. The summed E-state index contributed by atoms with van der Waals surface area (Å²) in [5.74, 6) is 1.29. The minimum absolute atomic E-state index is 0.0763. The van der Waals surface area contributed by atoms with E-state index >= 15 is 0 Å². The maximum Gasteiger partial charge on any atom is 0.224 e. The molecule has 0 spiro atoms. The van der Waals surface area contributed by atoms with Crippen LogP contribution in [-0.2, 0) is 6.61 Å². The molecule has 0 amide bonds. The summed E-state index contributed by atoms with van der Waals surface area (Å²) < 4.78 is 5.87. The fourth-order valence-electron chi connectivity index (χ4n) is 1.82. The van der Waals surface area contributed by atoms with Crippen molar-refractivity contribution in [3.63, 3.8) is 0 Å². The van der Waals surface area contributed by atoms with E-state index in [-0.39, 0.29) is 6.61 Å². The van der Waals surface area contributed by atoms with Crippen LogP contribution in [0, 0.1) is 20.8 Å². The van der Waals surface area contributed by atoms with E-state index in [1.807, 2.05) is 32.9 Å². The average molecular weight is 243 g/mol. The topological polar surface area (TPSA) is 42.4 Å². The van der Waals surface area contributed by atoms with Crippen LogP contribution in [-0.4, -0.2) is 10.1 Å². The molecule has 94 valence electrons. The first-order valence-corrected chi connectivity index (χ1v) is 5.93. The molecule has 1 aromatic carbocycles. The van der Waals surface area contributed by atoms with Crippen LogP contribution in [0.15, 0.2) is 30.5 Å². The van der Waals surface area contributed by atoms with Crippen LogP contribution in [0.2, 0.25) is 0 Å². The highest BCUT2D eigenvalue weighted by Crippen LogP contribution is 2.31. The largest absolute Gasteiger partial charge is 0.438 e. The molecule has 0 aliphatic heterocycles. The standard InChI is InChI=1S/C15H17NO2/c1-10-6-7-11(2)14(12(10)3)18-15-13(9-17)5-4-8-16-15/h4-8,17H,9H2,1-3H3. The van der Waals surface area contributed by atoms with Crippen LogP contribution in [0.3, 0.4) is 0 Å². The van der Waals surface area contributed by atoms with E-state index in [2.05, 4.69) is 11.1 Å². The van der Waals surface area contributed by atoms with Crippen LogP contribution >= 0.6 is 0 Å². The van der Waals surface area contributed by atoms with Gasteiger partial charge in [-0.3, -0.25) is 0 Å². The Kier molecular flexibility index (Phi) is 3.63. The molecule has 3 nitrogen and oxygen atoms in total. The monoisotopic (exact) mass is 243 g/mol. The molecule has 0 aliphatic rings. The van der Waals surface area contributed by atoms with Crippen LogP contribution in [0.4, 0.5) is 0 Å². The summed E-state index contributed by atoms with van der Waals surface area (Å²) in [7, 11) is 0. The first kappa shape index (κ1) is 12.6. The van der Waals surface area contributed by atoms with Crippen molar-refractivity contribution in [1.82, 2.24) is 4.98 Å². The maximum atomic E-state index is 9.27. The molecule has 0 atom stereocenters. The number of aryl methyl sites for hydroxylation is 2. The van der Waals surface area contributed by atoms with Crippen molar-refractivity contribution in [3.8, 4) is 11.6 Å². The third-order valence-electron chi connectivity index (χ3n) is 3.09. The molecular formula is C15H17NO2. The number of hydrogen-bond acceptors (Lipinski definition) is 3. The lowest BCUT2D eigenvalue weighted by Crippen LogP contribution is -1.98. The van der Waals surface area contributed by atoms with Crippen molar-refractivity contribution >= 4 is 0 Å². The summed E-state index contributed by atoms with van der Waals surface area (Å²) in [5, 5.41) is 9.27. The van der Waals surface area contributed by atoms with Crippen molar-refractivity contribution in [2.75, 3.05) is 0 Å². The molecular weight excluding hydrogens is 226 g/mol. The molecule has 0 unspecified atom stereocenters. The Labute approximate surface area is 107 Å². The van der Waals surface area contributed by atoms with Crippen LogP contribution in [0.5, 0.6) is 11.6 Å². The Bertz CT molecular complexity index is 564. The number of aliphatic hydroxyl groups excluding tert-OH is 1. The van der Waals surface area contributed by atoms with Gasteiger partial charge in [-0.1, -0.05) is 12.1 Å². The number of benzene rings is 1. The number of hydrogen-bond donors (Lipinski definition) is 1. The van der Waals surface area contributed by atoms with E-state index in [4.69, 9.17) is 4.74 Å². The zero-order chi connectivity index (χ0) is 13.1. The van der Waals surface area contributed by atoms with Crippen molar-refractivity contribution in [2.24, 2.45) is 0 Å². The number of rotatable bonds is 3. The fraction of sp³-hybridized carbons (Fsp3) is 0.267. The fourth-order valence-corrected chi connectivity index (χ4v) is 1.82. The van der Waals surface area contributed by atoms with E-state index < -0.39 is 0 Å². The Balaban J connectivity index is 2.43. The Morgan fingerprint density at radius 2 is 1.83 bits per heavy atom. The predicted molar refractivity (Wildman–Crippen MR) is 70.9 cm³/mol. The van der Waals surface area contributed by atoms with Gasteiger partial charge in [0.1, 0.15) is 5.75 Å². The van der Waals surface area contributed by atoms with E-state index in [9.17, 15) is 5.11 Å². The molecule has 2 aromatic rings. The SMILES string of the molecule is Cc1ccc(C)c(Oc2ncccc2CO)c1C. The number of ether oxygens (including phenoxy) is 1. The minimum atomic E-state index is -0.0763. The molecule has 3 heteroatoms. The van der Waals surface area contributed by atoms with Gasteiger partial charge in [0.15, 0.2) is 0 Å². The average Bonchev–Trinajstić information content (AvgIpc) is 2.39. The Hall–Kier alpha value is -1.87. The van der Waals surface area contributed by atoms with Gasteiger partial charge in [0.05, 0.1) is 6.61 Å². The van der Waals surface area contributed by atoms with Gasteiger partial charge in [0, 0.05) is 11.8 Å². The van der Waals surface area contributed by atoms with E-state index in [1.54, 1.807) is 12.3 Å². The molecule has 0 bridgehead atoms. The van der Waals surface area contributed by atoms with Gasteiger partial charge in [0.2, 0.25) is 5.88 Å². The molecule has 0 fully saturated rings. The normalized spacial score (nSPS) is 10.4. The highest BCUT2D eigenvalue weighted by atomic mass is 16.5. The maximum absolute atomic E-state index is 9.27. The first-order chi connectivity index (χ1) is 8.63. The van der Waals surface area contributed by atoms with Gasteiger partial charge in [-0.05, 0) is 49.6 Å². The summed E-state index contributed by atoms with van der Waals surface area (Å²) in [4.78, 5) is 4.17. The summed E-state index contributed by atoms with van der Waals surface area (Å²) in [5.41, 5.74) is 4.03. The van der Waals surface area contributed by atoms with Crippen molar-refractivity contribution in [3.05, 3.63) is 52.7 Å². The predicted octanol–water partition coefficient (Wildman–Crippen LogP) is 3.29. The van der Waals surface area contributed by atoms with Crippen molar-refractivity contribution in [2.45, 2.75) is 27.4 Å². The zero-order valence-corrected chi connectivity index (χ0v) is 10.9. The quantitative estimate of drug-likeness (QED) is 0.899. The van der Waals surface area contributed by atoms with Gasteiger partial charge in [0.25, 0.3) is 0 Å². The van der Waals surface area contributed by atoms with Crippen molar-refractivity contribution < 1.29 is 9.84 Å². The lowest BCUT2D eigenvalue weighted by Gasteiger charge is -2.14. The molecule has 0 saturated carbocycles. The minimum Gasteiger partial charge on any atom is -0.438 e. The van der Waals surface area contributed by atoms with E-state index in [1.165, 1.54) is 5.56 Å². The Morgan fingerprint density at radius 1 is 1.11 bits per heavy atom. The first-order valence-electron chi connectivity index (χ1n) is 5.93. The molecule has 2 rings (SSSR count). The third-order valence-corrected chi connectivity index (χ3v) is 3.09. The zero-order valence-electron chi connectivity index (χ0n) is 10.9. The summed E-state index contributed by atoms with van der Waals surface area (Å²) >= 11 is 0. The second-order valence-electron chi connectivity index (χ2n) is 4.38. The van der Waals surface area contributed by atoms with Crippen LogP contribution < -0.4 is 4.74 Å². The second kappa shape index (κ2) is 5.19. The lowest BCUT2D eigenvalue weighted by atomic mass is 10.1. The number of aliphatic hydroxyl groups is 1. The second-order valence-corrected chi connectivity index (χ2v) is 4.38. The molecule has 1 N–H and O–H groups in total. The number of pyridine rings is 1. The summed E-state index contributed by atoms with van der Waals surface area (Å²) in [6.45, 7) is 6.00. The number of aromatic nitrogens is 1. The molecule has 1 aromatic heterocycles. The van der Waals surface area contributed by atoms with Crippen LogP contribution in [0.1, 0.15) is 22.3 Å². The summed E-state index contributed by atoms with van der Waals surface area (Å²) in [6, 6.07) is 7.69. The molecule has 1 heterocycles. The smallest absolute Gasteiger partial charge is 0.224 e. The van der Waals surface area contributed by atoms with Gasteiger partial charge >= 0.3 is 0 Å². The van der Waals surface area contributed by atoms with Crippen LogP contribution in [0.25, 0.3) is 0 Å². The highest BCUT2D eigenvalue weighted by Gasteiger charge is 2.10. The van der Waals surface area contributed by atoms with Gasteiger partial charge in [-0.25, -0.2) is 4.98 Å². The number of nitrogens with zero attached hydrogens (tertiary/aromatic N) is 1. The van der Waals surface area contributed by atoms with Crippen molar-refractivity contribution in [1.29, 1.82) is 0 Å². The van der Waals surface area contributed by atoms with Gasteiger partial charge in [-0.15, -0.1) is 0 Å². The molecule has 18 heavy (non-hydrogen) atoms.